The Morgan fingerprint density at radius 2 is 2.16 bits per heavy atom. The Kier molecular flexibility index (Phi) is 3.87. The molecule has 1 aromatic rings. The third-order valence-electron chi connectivity index (χ3n) is 3.24. The Balaban J connectivity index is 2.01. The summed E-state index contributed by atoms with van der Waals surface area (Å²) in [5.41, 5.74) is 1.77. The van der Waals surface area contributed by atoms with Crippen molar-refractivity contribution in [3.63, 3.8) is 0 Å². The van der Waals surface area contributed by atoms with Crippen molar-refractivity contribution in [3.05, 3.63) is 17.5 Å². The molecule has 0 atom stereocenters. The second kappa shape index (κ2) is 5.42. The Labute approximate surface area is 112 Å². The van der Waals surface area contributed by atoms with Gasteiger partial charge in [0.1, 0.15) is 13.1 Å². The van der Waals surface area contributed by atoms with Crippen molar-refractivity contribution in [3.8, 4) is 0 Å². The van der Waals surface area contributed by atoms with E-state index in [9.17, 15) is 9.59 Å². The van der Waals surface area contributed by atoms with E-state index in [2.05, 4.69) is 5.10 Å². The lowest BCUT2D eigenvalue weighted by atomic mass is 10.3. The van der Waals surface area contributed by atoms with Gasteiger partial charge in [-0.15, -0.1) is 0 Å². The van der Waals surface area contributed by atoms with Crippen LogP contribution in [0.1, 0.15) is 24.2 Å². The summed E-state index contributed by atoms with van der Waals surface area (Å²) in [7, 11) is 0. The molecule has 6 nitrogen and oxygen atoms in total. The van der Waals surface area contributed by atoms with Gasteiger partial charge in [-0.2, -0.15) is 5.10 Å². The summed E-state index contributed by atoms with van der Waals surface area (Å²) in [4.78, 5) is 24.4. The number of aliphatic carboxylic acids is 1. The first-order valence-electron chi connectivity index (χ1n) is 6.46. The first kappa shape index (κ1) is 13.6. The molecule has 0 bridgehead atoms. The van der Waals surface area contributed by atoms with Crippen LogP contribution in [0.4, 0.5) is 0 Å². The fraction of sp³-hybridized carbons (Fsp3) is 0.615. The number of aryl methyl sites for hydroxylation is 2. The van der Waals surface area contributed by atoms with Crippen LogP contribution in [0.2, 0.25) is 0 Å². The summed E-state index contributed by atoms with van der Waals surface area (Å²) in [6, 6.07) is 1.90. The van der Waals surface area contributed by atoms with E-state index in [0.29, 0.717) is 12.5 Å². The van der Waals surface area contributed by atoms with Crippen molar-refractivity contribution in [2.75, 3.05) is 13.1 Å². The highest BCUT2D eigenvalue weighted by molar-refractivity contribution is 5.81. The molecule has 1 aliphatic carbocycles. The maximum absolute atomic E-state index is 12.2. The van der Waals surface area contributed by atoms with Gasteiger partial charge in [-0.05, 0) is 38.7 Å². The molecular weight excluding hydrogens is 246 g/mol. The molecule has 1 N–H and O–H groups in total. The highest BCUT2D eigenvalue weighted by Gasteiger charge is 2.28. The Hall–Kier alpha value is -1.85. The molecule has 19 heavy (non-hydrogen) atoms. The highest BCUT2D eigenvalue weighted by Crippen LogP contribution is 2.29. The highest BCUT2D eigenvalue weighted by atomic mass is 16.4. The van der Waals surface area contributed by atoms with Crippen LogP contribution in [0.15, 0.2) is 6.07 Å². The molecule has 0 spiro atoms. The third kappa shape index (κ3) is 3.81. The second-order valence-corrected chi connectivity index (χ2v) is 5.20. The van der Waals surface area contributed by atoms with Crippen LogP contribution < -0.4 is 0 Å². The summed E-state index contributed by atoms with van der Waals surface area (Å²) in [6.07, 6.45) is 2.17. The number of aromatic nitrogens is 2. The van der Waals surface area contributed by atoms with Crippen LogP contribution in [0.3, 0.4) is 0 Å². The summed E-state index contributed by atoms with van der Waals surface area (Å²) in [5, 5.41) is 13.1. The topological polar surface area (TPSA) is 75.4 Å². The van der Waals surface area contributed by atoms with Gasteiger partial charge < -0.3 is 10.0 Å². The lowest BCUT2D eigenvalue weighted by Crippen LogP contribution is -2.39. The van der Waals surface area contributed by atoms with Gasteiger partial charge in [-0.25, -0.2) is 0 Å². The fourth-order valence-corrected chi connectivity index (χ4v) is 2.09. The minimum atomic E-state index is -0.970. The zero-order valence-corrected chi connectivity index (χ0v) is 11.3. The largest absolute Gasteiger partial charge is 0.480 e. The molecule has 6 heteroatoms. The first-order valence-corrected chi connectivity index (χ1v) is 6.46. The van der Waals surface area contributed by atoms with Crippen molar-refractivity contribution < 1.29 is 14.7 Å². The SMILES string of the molecule is Cc1cc(C)n(CC(=O)N(CC(=O)O)CC2CC2)n1. The first-order chi connectivity index (χ1) is 8.95. The summed E-state index contributed by atoms with van der Waals surface area (Å²) >= 11 is 0. The zero-order valence-electron chi connectivity index (χ0n) is 11.3. The van der Waals surface area contributed by atoms with Crippen LogP contribution in [-0.4, -0.2) is 44.8 Å². The molecule has 1 heterocycles. The van der Waals surface area contributed by atoms with Gasteiger partial charge in [0, 0.05) is 12.2 Å². The smallest absolute Gasteiger partial charge is 0.323 e. The Bertz CT molecular complexity index is 491. The van der Waals surface area contributed by atoms with E-state index in [1.165, 1.54) is 4.90 Å². The van der Waals surface area contributed by atoms with Crippen LogP contribution >= 0.6 is 0 Å². The number of carbonyl (C=O) groups excluding carboxylic acids is 1. The van der Waals surface area contributed by atoms with Gasteiger partial charge in [-0.1, -0.05) is 0 Å². The van der Waals surface area contributed by atoms with Gasteiger partial charge in [0.2, 0.25) is 5.91 Å². The van der Waals surface area contributed by atoms with Crippen molar-refractivity contribution in [1.82, 2.24) is 14.7 Å². The molecule has 104 valence electrons. The van der Waals surface area contributed by atoms with Gasteiger partial charge in [0.15, 0.2) is 0 Å². The van der Waals surface area contributed by atoms with Crippen molar-refractivity contribution in [2.45, 2.75) is 33.2 Å². The average Bonchev–Trinajstić information content (AvgIpc) is 3.04. The minimum absolute atomic E-state index is 0.111. The molecule has 1 saturated carbocycles. The Morgan fingerprint density at radius 1 is 1.47 bits per heavy atom. The van der Waals surface area contributed by atoms with Crippen molar-refractivity contribution in [2.24, 2.45) is 5.92 Å². The van der Waals surface area contributed by atoms with Crippen LogP contribution in [-0.2, 0) is 16.1 Å². The molecular formula is C13H19N3O3. The monoisotopic (exact) mass is 265 g/mol. The predicted molar refractivity (Wildman–Crippen MR) is 68.6 cm³/mol. The number of nitrogens with zero attached hydrogens (tertiary/aromatic N) is 3. The van der Waals surface area contributed by atoms with E-state index in [1.807, 2.05) is 19.9 Å². The van der Waals surface area contributed by atoms with Gasteiger partial charge >= 0.3 is 5.97 Å². The average molecular weight is 265 g/mol. The predicted octanol–water partition coefficient (Wildman–Crippen LogP) is 0.823. The molecule has 1 aromatic heterocycles. The lowest BCUT2D eigenvalue weighted by Gasteiger charge is -2.20. The van der Waals surface area contributed by atoms with E-state index in [4.69, 9.17) is 5.11 Å². The second-order valence-electron chi connectivity index (χ2n) is 5.20. The molecule has 1 fully saturated rings. The quantitative estimate of drug-likeness (QED) is 0.826. The van der Waals surface area contributed by atoms with Crippen LogP contribution in [0, 0.1) is 19.8 Å². The van der Waals surface area contributed by atoms with Gasteiger partial charge in [0.05, 0.1) is 5.69 Å². The van der Waals surface area contributed by atoms with E-state index in [1.54, 1.807) is 4.68 Å². The third-order valence-corrected chi connectivity index (χ3v) is 3.24. The number of rotatable bonds is 6. The number of carboxylic acids is 1. The van der Waals surface area contributed by atoms with Gasteiger partial charge in [0.25, 0.3) is 0 Å². The standard InChI is InChI=1S/C13H19N3O3/c1-9-5-10(2)16(14-9)7-12(17)15(8-13(18)19)6-11-3-4-11/h5,11H,3-4,6-8H2,1-2H3,(H,18,19). The van der Waals surface area contributed by atoms with Gasteiger partial charge in [-0.3, -0.25) is 14.3 Å². The molecule has 1 aliphatic rings. The lowest BCUT2D eigenvalue weighted by molar-refractivity contribution is -0.145. The molecule has 1 amide bonds. The van der Waals surface area contributed by atoms with Crippen molar-refractivity contribution in [1.29, 1.82) is 0 Å². The maximum atomic E-state index is 12.2. The van der Waals surface area contributed by atoms with Crippen molar-refractivity contribution >= 4 is 11.9 Å². The molecule has 0 aliphatic heterocycles. The number of hydrogen-bond donors (Lipinski definition) is 1. The summed E-state index contributed by atoms with van der Waals surface area (Å²) in [5.74, 6) is -0.674. The molecule has 2 rings (SSSR count). The van der Waals surface area contributed by atoms with Crippen LogP contribution in [0.5, 0.6) is 0 Å². The van der Waals surface area contributed by atoms with E-state index in [-0.39, 0.29) is 19.0 Å². The van der Waals surface area contributed by atoms with E-state index in [0.717, 1.165) is 24.2 Å². The molecule has 0 aromatic carbocycles. The van der Waals surface area contributed by atoms with E-state index >= 15 is 0 Å². The normalized spacial score (nSPS) is 14.4. The van der Waals surface area contributed by atoms with Crippen LogP contribution in [0.25, 0.3) is 0 Å². The molecule has 0 unspecified atom stereocenters. The molecule has 0 saturated heterocycles. The zero-order chi connectivity index (χ0) is 14.0. The number of amides is 1. The number of carboxylic acid groups (broad SMARTS) is 1. The maximum Gasteiger partial charge on any atom is 0.323 e. The fourth-order valence-electron chi connectivity index (χ4n) is 2.09. The Morgan fingerprint density at radius 3 is 2.63 bits per heavy atom. The number of hydrogen-bond acceptors (Lipinski definition) is 3. The number of carbonyl (C=O) groups is 2. The summed E-state index contributed by atoms with van der Waals surface area (Å²) < 4.78 is 1.62. The summed E-state index contributed by atoms with van der Waals surface area (Å²) in [6.45, 7) is 4.18. The van der Waals surface area contributed by atoms with E-state index < -0.39 is 5.97 Å². The molecule has 0 radical (unpaired) electrons. The minimum Gasteiger partial charge on any atom is -0.480 e.